The molecule has 56 heavy (non-hydrogen) atoms. The number of hydrogen-bond acceptors (Lipinski definition) is 14. The summed E-state index contributed by atoms with van der Waals surface area (Å²) >= 11 is 0. The molecule has 2 aromatic carbocycles. The van der Waals surface area contributed by atoms with Gasteiger partial charge in [-0.15, -0.1) is 0 Å². The number of rotatable bonds is 33. The average Bonchev–Trinajstić information content (AvgIpc) is 3.61. The van der Waals surface area contributed by atoms with Crippen molar-refractivity contribution in [3.8, 4) is 5.75 Å². The van der Waals surface area contributed by atoms with E-state index in [2.05, 4.69) is 10.3 Å². The van der Waals surface area contributed by atoms with Crippen LogP contribution in [0.5, 0.6) is 5.75 Å². The Labute approximate surface area is 323 Å². The number of fused-ring (bicyclic) bond motifs is 1. The van der Waals surface area contributed by atoms with E-state index in [9.17, 15) is 34.6 Å². The number of aromatic amines is 1. The molecule has 0 atom stereocenters. The predicted molar refractivity (Wildman–Crippen MR) is 200 cm³/mol. The fourth-order valence-corrected chi connectivity index (χ4v) is 5.13. The van der Waals surface area contributed by atoms with Gasteiger partial charge in [0.1, 0.15) is 23.8 Å². The summed E-state index contributed by atoms with van der Waals surface area (Å²) < 4.78 is 38.4. The van der Waals surface area contributed by atoms with Gasteiger partial charge in [0.15, 0.2) is 0 Å². The molecule has 1 amide bonds. The maximum absolute atomic E-state index is 12.1. The minimum absolute atomic E-state index is 0.0164. The number of benzene rings is 2. The van der Waals surface area contributed by atoms with Gasteiger partial charge in [0, 0.05) is 67.6 Å². The average molecular weight is 791 g/mol. The van der Waals surface area contributed by atoms with Crippen molar-refractivity contribution < 1.29 is 62.5 Å². The lowest BCUT2D eigenvalue weighted by Gasteiger charge is -2.09. The molecule has 0 aliphatic heterocycles. The topological polar surface area (TPSA) is 250 Å². The van der Waals surface area contributed by atoms with Crippen molar-refractivity contribution in [1.82, 2.24) is 10.3 Å². The van der Waals surface area contributed by atoms with E-state index < -0.39 is 15.8 Å². The van der Waals surface area contributed by atoms with Crippen molar-refractivity contribution in [1.29, 1.82) is 0 Å². The SMILES string of the molecule is O=C(CCCOCCOCCOCCCc1ccc([N+](=O)[O-])cc1[N+](=O)[O-])CCC(=O)NCCOCCOCCOCCOc1ccc2cc(C(=O)O)[nH]c2c1. The van der Waals surface area contributed by atoms with Gasteiger partial charge in [-0.05, 0) is 43.5 Å². The Hall–Kier alpha value is -5.05. The zero-order valence-corrected chi connectivity index (χ0v) is 31.2. The lowest BCUT2D eigenvalue weighted by molar-refractivity contribution is -0.394. The molecule has 3 aromatic rings. The molecule has 19 heteroatoms. The van der Waals surface area contributed by atoms with Crippen LogP contribution in [-0.2, 0) is 44.4 Å². The Morgan fingerprint density at radius 1 is 0.661 bits per heavy atom. The highest BCUT2D eigenvalue weighted by atomic mass is 16.6. The van der Waals surface area contributed by atoms with Crippen LogP contribution in [0.3, 0.4) is 0 Å². The molecule has 0 radical (unpaired) electrons. The number of non-ortho nitro benzene ring substituents is 1. The third kappa shape index (κ3) is 18.5. The standard InChI is InChI=1S/C37H50N4O15/c42-31(4-2-13-51-16-19-53-18-15-50-12-1-3-28-5-7-30(40(46)47)26-35(28)41(48)49)8-10-36(43)38-11-14-52-17-20-54-21-22-55-23-24-56-32-9-6-29-25-34(37(44)45)39-33(29)27-32/h5-7,9,25-27,39H,1-4,8,10-24H2,(H,38,43)(H,44,45). The molecule has 0 bridgehead atoms. The minimum Gasteiger partial charge on any atom is -0.491 e. The van der Waals surface area contributed by atoms with Crippen LogP contribution in [0.2, 0.25) is 0 Å². The highest BCUT2D eigenvalue weighted by Gasteiger charge is 2.19. The number of carboxylic acids is 1. The largest absolute Gasteiger partial charge is 0.491 e. The van der Waals surface area contributed by atoms with E-state index in [-0.39, 0.29) is 41.6 Å². The first-order chi connectivity index (χ1) is 27.1. The summed E-state index contributed by atoms with van der Waals surface area (Å²) in [7, 11) is 0. The number of H-pyrrole nitrogens is 1. The fourth-order valence-electron chi connectivity index (χ4n) is 5.13. The van der Waals surface area contributed by atoms with Gasteiger partial charge >= 0.3 is 5.97 Å². The number of carbonyl (C=O) groups is 3. The van der Waals surface area contributed by atoms with Gasteiger partial charge in [-0.1, -0.05) is 0 Å². The summed E-state index contributed by atoms with van der Waals surface area (Å²) in [6.45, 7) is 4.96. The molecular weight excluding hydrogens is 740 g/mol. The number of ether oxygens (including phenoxy) is 7. The third-order valence-electron chi connectivity index (χ3n) is 7.96. The molecule has 1 heterocycles. The molecular formula is C37H50N4O15. The number of aromatic carboxylic acids is 1. The molecule has 0 saturated carbocycles. The summed E-state index contributed by atoms with van der Waals surface area (Å²) in [6.07, 6.45) is 1.97. The number of nitrogens with zero attached hydrogens (tertiary/aromatic N) is 2. The van der Waals surface area contributed by atoms with Crippen LogP contribution in [0.25, 0.3) is 10.9 Å². The highest BCUT2D eigenvalue weighted by molar-refractivity contribution is 5.94. The van der Waals surface area contributed by atoms with E-state index in [1.165, 1.54) is 12.1 Å². The number of aryl methyl sites for hydroxylation is 1. The van der Waals surface area contributed by atoms with E-state index in [0.717, 1.165) is 11.5 Å². The van der Waals surface area contributed by atoms with E-state index >= 15 is 0 Å². The molecule has 0 aliphatic carbocycles. The predicted octanol–water partition coefficient (Wildman–Crippen LogP) is 4.04. The van der Waals surface area contributed by atoms with Crippen LogP contribution in [0.1, 0.15) is 48.2 Å². The van der Waals surface area contributed by atoms with Crippen LogP contribution in [0, 0.1) is 20.2 Å². The molecule has 0 fully saturated rings. The number of carbonyl (C=O) groups excluding carboxylic acids is 2. The number of carboxylic acid groups (broad SMARTS) is 1. The molecule has 3 rings (SSSR count). The van der Waals surface area contributed by atoms with Gasteiger partial charge in [-0.3, -0.25) is 29.8 Å². The van der Waals surface area contributed by atoms with E-state index in [0.29, 0.717) is 135 Å². The molecule has 308 valence electrons. The number of nitro benzene ring substituents is 2. The highest BCUT2D eigenvalue weighted by Crippen LogP contribution is 2.26. The smallest absolute Gasteiger partial charge is 0.352 e. The second-order valence-corrected chi connectivity index (χ2v) is 12.2. The number of hydrogen-bond donors (Lipinski definition) is 3. The van der Waals surface area contributed by atoms with Crippen LogP contribution in [0.4, 0.5) is 11.4 Å². The van der Waals surface area contributed by atoms with Crippen molar-refractivity contribution >= 4 is 39.9 Å². The molecule has 1 aromatic heterocycles. The van der Waals surface area contributed by atoms with Gasteiger partial charge < -0.3 is 48.6 Å². The molecule has 0 unspecified atom stereocenters. The summed E-state index contributed by atoms with van der Waals surface area (Å²) in [5.74, 6) is -0.652. The normalized spacial score (nSPS) is 11.1. The number of nitrogens with one attached hydrogen (secondary N) is 2. The zero-order valence-electron chi connectivity index (χ0n) is 31.2. The molecule has 0 spiro atoms. The van der Waals surface area contributed by atoms with Crippen molar-refractivity contribution in [2.75, 3.05) is 92.4 Å². The zero-order chi connectivity index (χ0) is 40.4. The van der Waals surface area contributed by atoms with Gasteiger partial charge in [0.2, 0.25) is 5.91 Å². The number of ketones is 1. The van der Waals surface area contributed by atoms with Crippen LogP contribution in [-0.4, -0.2) is 130 Å². The quantitative estimate of drug-likeness (QED) is 0.0447. The molecule has 0 aliphatic rings. The Morgan fingerprint density at radius 3 is 1.89 bits per heavy atom. The Morgan fingerprint density at radius 2 is 1.27 bits per heavy atom. The van der Waals surface area contributed by atoms with Crippen molar-refractivity contribution in [3.05, 3.63) is 74.0 Å². The van der Waals surface area contributed by atoms with Gasteiger partial charge in [0.25, 0.3) is 11.4 Å². The van der Waals surface area contributed by atoms with Gasteiger partial charge in [-0.2, -0.15) is 0 Å². The first-order valence-electron chi connectivity index (χ1n) is 18.3. The number of nitro groups is 2. The lowest BCUT2D eigenvalue weighted by Crippen LogP contribution is -2.28. The summed E-state index contributed by atoms with van der Waals surface area (Å²) in [5, 5.41) is 34.6. The minimum atomic E-state index is -1.02. The van der Waals surface area contributed by atoms with Crippen LogP contribution < -0.4 is 10.1 Å². The fraction of sp³-hybridized carbons (Fsp3) is 0.541. The summed E-state index contributed by atoms with van der Waals surface area (Å²) in [4.78, 5) is 58.8. The van der Waals surface area contributed by atoms with E-state index in [4.69, 9.17) is 38.3 Å². The van der Waals surface area contributed by atoms with Crippen molar-refractivity contribution in [2.45, 2.75) is 38.5 Å². The van der Waals surface area contributed by atoms with Gasteiger partial charge in [0.05, 0.1) is 82.0 Å². The number of amides is 1. The summed E-state index contributed by atoms with van der Waals surface area (Å²) in [6, 6.07) is 10.5. The molecule has 0 saturated heterocycles. The van der Waals surface area contributed by atoms with Crippen LogP contribution in [0.15, 0.2) is 42.5 Å². The Kier molecular flexibility index (Phi) is 21.6. The molecule has 19 nitrogen and oxygen atoms in total. The maximum atomic E-state index is 12.1. The third-order valence-corrected chi connectivity index (χ3v) is 7.96. The first kappa shape index (κ1) is 45.3. The monoisotopic (exact) mass is 790 g/mol. The summed E-state index contributed by atoms with van der Waals surface area (Å²) in [5.41, 5.74) is 0.607. The van der Waals surface area contributed by atoms with Crippen molar-refractivity contribution in [3.63, 3.8) is 0 Å². The van der Waals surface area contributed by atoms with Gasteiger partial charge in [-0.25, -0.2) is 4.79 Å². The van der Waals surface area contributed by atoms with Crippen LogP contribution >= 0.6 is 0 Å². The Balaban J connectivity index is 1.02. The van der Waals surface area contributed by atoms with E-state index in [1.807, 2.05) is 0 Å². The second-order valence-electron chi connectivity index (χ2n) is 12.2. The second kappa shape index (κ2) is 26.7. The maximum Gasteiger partial charge on any atom is 0.352 e. The number of Topliss-reactive ketones (excluding diaryl/α,β-unsaturated/α-hetero) is 1. The number of aromatic nitrogens is 1. The Bertz CT molecular complexity index is 1680. The van der Waals surface area contributed by atoms with E-state index in [1.54, 1.807) is 24.3 Å². The lowest BCUT2D eigenvalue weighted by atomic mass is 10.1. The molecule has 3 N–H and O–H groups in total. The van der Waals surface area contributed by atoms with Crippen molar-refractivity contribution in [2.24, 2.45) is 0 Å². The first-order valence-corrected chi connectivity index (χ1v) is 18.3.